The van der Waals surface area contributed by atoms with Crippen LogP contribution in [-0.4, -0.2) is 12.3 Å². The van der Waals surface area contributed by atoms with Crippen molar-refractivity contribution in [2.45, 2.75) is 17.4 Å². The predicted molar refractivity (Wildman–Crippen MR) is 61.0 cm³/mol. The van der Waals surface area contributed by atoms with E-state index >= 15 is 0 Å². The standard InChI is InChI=1S/C11H12ClNS/c12-8-1-2-10-9(5-8)11-7(6-14-10)3-4-13-11/h1-2,5,7,11,13H,3-4,6H2. The van der Waals surface area contributed by atoms with Crippen molar-refractivity contribution < 1.29 is 0 Å². The normalized spacial score (nSPS) is 29.8. The first-order valence-electron chi connectivity index (χ1n) is 5.00. The van der Waals surface area contributed by atoms with Crippen LogP contribution in [0.1, 0.15) is 18.0 Å². The number of hydrogen-bond acceptors (Lipinski definition) is 2. The molecule has 2 aliphatic heterocycles. The summed E-state index contributed by atoms with van der Waals surface area (Å²) in [7, 11) is 0. The first-order valence-corrected chi connectivity index (χ1v) is 6.36. The van der Waals surface area contributed by atoms with E-state index in [1.165, 1.54) is 22.6 Å². The van der Waals surface area contributed by atoms with E-state index in [1.807, 2.05) is 17.8 Å². The van der Waals surface area contributed by atoms with Crippen LogP contribution >= 0.6 is 23.4 Å². The average Bonchev–Trinajstić information content (AvgIpc) is 2.65. The Kier molecular flexibility index (Phi) is 2.23. The fraction of sp³-hybridized carbons (Fsp3) is 0.455. The third-order valence-electron chi connectivity index (χ3n) is 3.11. The highest BCUT2D eigenvalue weighted by Gasteiger charge is 2.33. The molecule has 0 saturated carbocycles. The number of thioether (sulfide) groups is 1. The molecule has 1 nitrogen and oxygen atoms in total. The highest BCUT2D eigenvalue weighted by molar-refractivity contribution is 7.99. The van der Waals surface area contributed by atoms with Gasteiger partial charge in [0.2, 0.25) is 0 Å². The van der Waals surface area contributed by atoms with Gasteiger partial charge >= 0.3 is 0 Å². The summed E-state index contributed by atoms with van der Waals surface area (Å²) >= 11 is 8.01. The molecule has 1 saturated heterocycles. The highest BCUT2D eigenvalue weighted by Crippen LogP contribution is 2.43. The summed E-state index contributed by atoms with van der Waals surface area (Å²) in [6.07, 6.45) is 1.31. The average molecular weight is 226 g/mol. The largest absolute Gasteiger partial charge is 0.310 e. The van der Waals surface area contributed by atoms with Gasteiger partial charge in [-0.1, -0.05) is 11.6 Å². The summed E-state index contributed by atoms with van der Waals surface area (Å²) in [6.45, 7) is 1.15. The number of benzene rings is 1. The minimum atomic E-state index is 0.560. The molecule has 0 bridgehead atoms. The van der Waals surface area contributed by atoms with Crippen LogP contribution in [0.25, 0.3) is 0 Å². The summed E-state index contributed by atoms with van der Waals surface area (Å²) in [5, 5.41) is 4.43. The molecule has 2 aliphatic rings. The van der Waals surface area contributed by atoms with E-state index in [2.05, 4.69) is 17.4 Å². The summed E-state index contributed by atoms with van der Waals surface area (Å²) in [5.74, 6) is 2.07. The van der Waals surface area contributed by atoms with Gasteiger partial charge < -0.3 is 5.32 Å². The van der Waals surface area contributed by atoms with Gasteiger partial charge in [0, 0.05) is 21.7 Å². The van der Waals surface area contributed by atoms with Crippen molar-refractivity contribution in [1.82, 2.24) is 5.32 Å². The Morgan fingerprint density at radius 3 is 3.29 bits per heavy atom. The molecule has 14 heavy (non-hydrogen) atoms. The Labute approximate surface area is 93.2 Å². The SMILES string of the molecule is Clc1ccc2c(c1)C1NCCC1CS2. The van der Waals surface area contributed by atoms with E-state index in [0.717, 1.165) is 17.5 Å². The summed E-state index contributed by atoms with van der Waals surface area (Å²) in [5.41, 5.74) is 1.41. The van der Waals surface area contributed by atoms with Gasteiger partial charge in [0.1, 0.15) is 0 Å². The number of hydrogen-bond donors (Lipinski definition) is 1. The maximum atomic E-state index is 6.03. The van der Waals surface area contributed by atoms with Gasteiger partial charge in [-0.3, -0.25) is 0 Å². The van der Waals surface area contributed by atoms with Crippen molar-refractivity contribution in [2.24, 2.45) is 5.92 Å². The van der Waals surface area contributed by atoms with Crippen molar-refractivity contribution in [3.63, 3.8) is 0 Å². The Bertz CT molecular complexity index is 366. The molecule has 1 N–H and O–H groups in total. The zero-order valence-electron chi connectivity index (χ0n) is 7.79. The van der Waals surface area contributed by atoms with Gasteiger partial charge in [-0.2, -0.15) is 0 Å². The lowest BCUT2D eigenvalue weighted by Crippen LogP contribution is -2.22. The highest BCUT2D eigenvalue weighted by atomic mass is 35.5. The smallest absolute Gasteiger partial charge is 0.0410 e. The molecule has 2 heterocycles. The molecule has 3 rings (SSSR count). The van der Waals surface area contributed by atoms with Crippen LogP contribution in [0.15, 0.2) is 23.1 Å². The van der Waals surface area contributed by atoms with E-state index in [4.69, 9.17) is 11.6 Å². The van der Waals surface area contributed by atoms with Crippen LogP contribution in [-0.2, 0) is 0 Å². The first-order chi connectivity index (χ1) is 6.84. The van der Waals surface area contributed by atoms with Gasteiger partial charge in [0.25, 0.3) is 0 Å². The molecule has 3 heteroatoms. The Morgan fingerprint density at radius 2 is 2.36 bits per heavy atom. The molecule has 0 spiro atoms. The van der Waals surface area contributed by atoms with Crippen molar-refractivity contribution in [3.8, 4) is 0 Å². The second kappa shape index (κ2) is 3.44. The van der Waals surface area contributed by atoms with Gasteiger partial charge in [-0.25, -0.2) is 0 Å². The van der Waals surface area contributed by atoms with Crippen molar-refractivity contribution in [3.05, 3.63) is 28.8 Å². The molecule has 2 unspecified atom stereocenters. The quantitative estimate of drug-likeness (QED) is 0.728. The van der Waals surface area contributed by atoms with Crippen LogP contribution in [0.2, 0.25) is 5.02 Å². The number of fused-ring (bicyclic) bond motifs is 3. The Balaban J connectivity index is 2.07. The molecule has 0 aromatic heterocycles. The van der Waals surface area contributed by atoms with Crippen LogP contribution in [0.5, 0.6) is 0 Å². The lowest BCUT2D eigenvalue weighted by Gasteiger charge is -2.27. The van der Waals surface area contributed by atoms with Crippen LogP contribution in [0.4, 0.5) is 0 Å². The first kappa shape index (κ1) is 9.08. The molecule has 0 amide bonds. The summed E-state index contributed by atoms with van der Waals surface area (Å²) in [6, 6.07) is 6.82. The minimum absolute atomic E-state index is 0.560. The summed E-state index contributed by atoms with van der Waals surface area (Å²) in [4.78, 5) is 1.41. The van der Waals surface area contributed by atoms with Gasteiger partial charge in [0.15, 0.2) is 0 Å². The van der Waals surface area contributed by atoms with Crippen molar-refractivity contribution >= 4 is 23.4 Å². The minimum Gasteiger partial charge on any atom is -0.310 e. The molecular weight excluding hydrogens is 214 g/mol. The van der Waals surface area contributed by atoms with E-state index in [9.17, 15) is 0 Å². The zero-order chi connectivity index (χ0) is 9.54. The molecule has 1 aromatic carbocycles. The Morgan fingerprint density at radius 1 is 1.43 bits per heavy atom. The molecule has 1 aromatic rings. The molecule has 2 atom stereocenters. The monoisotopic (exact) mass is 225 g/mol. The molecule has 74 valence electrons. The van der Waals surface area contributed by atoms with Crippen LogP contribution in [0, 0.1) is 5.92 Å². The third-order valence-corrected chi connectivity index (χ3v) is 4.62. The molecular formula is C11H12ClNS. The zero-order valence-corrected chi connectivity index (χ0v) is 9.37. The number of nitrogens with one attached hydrogen (secondary N) is 1. The number of halogens is 1. The number of rotatable bonds is 0. The second-order valence-corrected chi connectivity index (χ2v) is 5.47. The molecule has 1 fully saturated rings. The van der Waals surface area contributed by atoms with Gasteiger partial charge in [-0.05, 0) is 42.6 Å². The topological polar surface area (TPSA) is 12.0 Å². The third kappa shape index (κ3) is 1.37. The van der Waals surface area contributed by atoms with E-state index in [1.54, 1.807) is 0 Å². The van der Waals surface area contributed by atoms with E-state index in [-0.39, 0.29) is 0 Å². The maximum absolute atomic E-state index is 6.03. The fourth-order valence-electron chi connectivity index (χ4n) is 2.39. The lowest BCUT2D eigenvalue weighted by atomic mass is 9.95. The maximum Gasteiger partial charge on any atom is 0.0410 e. The molecule has 0 radical (unpaired) electrons. The fourth-order valence-corrected chi connectivity index (χ4v) is 3.84. The predicted octanol–water partition coefficient (Wildman–Crippen LogP) is 3.10. The van der Waals surface area contributed by atoms with E-state index in [0.29, 0.717) is 6.04 Å². The van der Waals surface area contributed by atoms with E-state index < -0.39 is 0 Å². The van der Waals surface area contributed by atoms with Crippen LogP contribution < -0.4 is 5.32 Å². The van der Waals surface area contributed by atoms with Gasteiger partial charge in [0.05, 0.1) is 0 Å². The van der Waals surface area contributed by atoms with Crippen molar-refractivity contribution in [1.29, 1.82) is 0 Å². The lowest BCUT2D eigenvalue weighted by molar-refractivity contribution is 0.496. The Hall–Kier alpha value is -0.180. The second-order valence-electron chi connectivity index (χ2n) is 3.97. The van der Waals surface area contributed by atoms with Crippen LogP contribution in [0.3, 0.4) is 0 Å². The van der Waals surface area contributed by atoms with Crippen molar-refractivity contribution in [2.75, 3.05) is 12.3 Å². The summed E-state index contributed by atoms with van der Waals surface area (Å²) < 4.78 is 0. The van der Waals surface area contributed by atoms with Gasteiger partial charge in [-0.15, -0.1) is 11.8 Å². The molecule has 0 aliphatic carbocycles.